The van der Waals surface area contributed by atoms with Crippen molar-refractivity contribution in [3.8, 4) is 28.2 Å². The molecule has 0 saturated heterocycles. The maximum absolute atomic E-state index is 6.39. The number of aromatic nitrogens is 3. The molecule has 0 unspecified atom stereocenters. The van der Waals surface area contributed by atoms with Crippen LogP contribution in [0.15, 0.2) is 138 Å². The molecule has 0 bridgehead atoms. The quantitative estimate of drug-likeness (QED) is 0.217. The minimum Gasteiger partial charge on any atom is -0.456 e. The zero-order valence-electron chi connectivity index (χ0n) is 23.7. The lowest BCUT2D eigenvalue weighted by Crippen LogP contribution is -1.97. The summed E-state index contributed by atoms with van der Waals surface area (Å²) in [4.78, 5) is 5.08. The molecule has 204 valence electrons. The van der Waals surface area contributed by atoms with Gasteiger partial charge in [-0.2, -0.15) is 0 Å². The topological polar surface area (TPSA) is 35.9 Å². The Morgan fingerprint density at radius 2 is 1.30 bits per heavy atom. The molecule has 43 heavy (non-hydrogen) atoms. The Hall–Kier alpha value is -5.61. The molecule has 4 heteroatoms. The summed E-state index contributed by atoms with van der Waals surface area (Å²) in [6.45, 7) is 3.01. The van der Waals surface area contributed by atoms with Gasteiger partial charge in [0.1, 0.15) is 17.0 Å². The highest BCUT2D eigenvalue weighted by molar-refractivity contribution is 6.14. The highest BCUT2D eigenvalue weighted by Gasteiger charge is 2.19. The van der Waals surface area contributed by atoms with E-state index in [2.05, 4.69) is 143 Å². The van der Waals surface area contributed by atoms with Crippen LogP contribution in [0, 0.1) is 0 Å². The summed E-state index contributed by atoms with van der Waals surface area (Å²) in [5, 5.41) is 4.70. The van der Waals surface area contributed by atoms with Crippen molar-refractivity contribution < 1.29 is 4.42 Å². The molecule has 9 rings (SSSR count). The molecule has 0 aliphatic heterocycles. The van der Waals surface area contributed by atoms with Gasteiger partial charge in [0, 0.05) is 39.3 Å². The number of nitrogens with zero attached hydrogens (tertiary/aromatic N) is 3. The average Bonchev–Trinajstić information content (AvgIpc) is 3.74. The molecule has 0 radical (unpaired) electrons. The van der Waals surface area contributed by atoms with Gasteiger partial charge in [0.05, 0.1) is 22.1 Å². The molecule has 0 N–H and O–H groups in total. The zero-order valence-corrected chi connectivity index (χ0v) is 23.7. The predicted octanol–water partition coefficient (Wildman–Crippen LogP) is 10.4. The van der Waals surface area contributed by atoms with Gasteiger partial charge in [0.15, 0.2) is 0 Å². The molecular weight excluding hydrogens is 526 g/mol. The van der Waals surface area contributed by atoms with Gasteiger partial charge in [0.2, 0.25) is 0 Å². The van der Waals surface area contributed by atoms with Gasteiger partial charge >= 0.3 is 0 Å². The Bertz CT molecular complexity index is 2490. The van der Waals surface area contributed by atoms with Crippen molar-refractivity contribution in [1.29, 1.82) is 0 Å². The second-order valence-electron chi connectivity index (χ2n) is 11.1. The lowest BCUT2D eigenvalue weighted by Gasteiger charge is -2.09. The SMILES string of the molecule is CCn1c(-c2cccc3oc4ccc(-c5ccc6c(c5)c5ccccc5n6-c5ccccc5)cc4c23)nc2ccccc21. The number of benzene rings is 6. The molecule has 0 aliphatic rings. The Morgan fingerprint density at radius 3 is 2.16 bits per heavy atom. The van der Waals surface area contributed by atoms with Crippen molar-refractivity contribution in [1.82, 2.24) is 14.1 Å². The summed E-state index contributed by atoms with van der Waals surface area (Å²) in [6.07, 6.45) is 0. The molecular formula is C39H27N3O. The highest BCUT2D eigenvalue weighted by Crippen LogP contribution is 2.40. The first-order chi connectivity index (χ1) is 21.3. The van der Waals surface area contributed by atoms with Crippen molar-refractivity contribution in [2.24, 2.45) is 0 Å². The number of furan rings is 1. The van der Waals surface area contributed by atoms with E-state index in [9.17, 15) is 0 Å². The van der Waals surface area contributed by atoms with E-state index < -0.39 is 0 Å². The zero-order chi connectivity index (χ0) is 28.5. The van der Waals surface area contributed by atoms with Crippen LogP contribution >= 0.6 is 0 Å². The second kappa shape index (κ2) is 9.20. The fourth-order valence-electron chi connectivity index (χ4n) is 6.80. The fourth-order valence-corrected chi connectivity index (χ4v) is 6.80. The predicted molar refractivity (Wildman–Crippen MR) is 178 cm³/mol. The summed E-state index contributed by atoms with van der Waals surface area (Å²) in [5.41, 5.74) is 10.9. The summed E-state index contributed by atoms with van der Waals surface area (Å²) in [7, 11) is 0. The number of fused-ring (bicyclic) bond motifs is 7. The van der Waals surface area contributed by atoms with Crippen LogP contribution in [0.4, 0.5) is 0 Å². The molecule has 9 aromatic rings. The molecule has 0 amide bonds. The van der Waals surface area contributed by atoms with E-state index in [1.165, 1.54) is 33.1 Å². The van der Waals surface area contributed by atoms with Gasteiger partial charge in [-0.15, -0.1) is 0 Å². The summed E-state index contributed by atoms with van der Waals surface area (Å²) < 4.78 is 11.0. The molecule has 0 saturated carbocycles. The number of para-hydroxylation sites is 4. The molecule has 0 atom stereocenters. The number of rotatable bonds is 4. The van der Waals surface area contributed by atoms with Gasteiger partial charge in [-0.25, -0.2) is 4.98 Å². The minimum atomic E-state index is 0.837. The van der Waals surface area contributed by atoms with Crippen LogP contribution in [0.25, 0.3) is 83.0 Å². The van der Waals surface area contributed by atoms with E-state index in [0.717, 1.165) is 56.5 Å². The Balaban J connectivity index is 1.26. The second-order valence-corrected chi connectivity index (χ2v) is 11.1. The van der Waals surface area contributed by atoms with Crippen molar-refractivity contribution >= 4 is 54.8 Å². The maximum atomic E-state index is 6.39. The fraction of sp³-hybridized carbons (Fsp3) is 0.0513. The van der Waals surface area contributed by atoms with Crippen LogP contribution in [0.5, 0.6) is 0 Å². The summed E-state index contributed by atoms with van der Waals surface area (Å²) >= 11 is 0. The smallest absolute Gasteiger partial charge is 0.141 e. The third-order valence-corrected chi connectivity index (χ3v) is 8.73. The van der Waals surface area contributed by atoms with Crippen LogP contribution in [0.1, 0.15) is 6.92 Å². The maximum Gasteiger partial charge on any atom is 0.141 e. The van der Waals surface area contributed by atoms with E-state index in [4.69, 9.17) is 9.40 Å². The number of aryl methyl sites for hydroxylation is 1. The van der Waals surface area contributed by atoms with Crippen molar-refractivity contribution in [3.05, 3.63) is 133 Å². The largest absolute Gasteiger partial charge is 0.456 e. The standard InChI is InChI=1S/C39H27N3O/c1-2-41-35-17-9-7-15-32(35)40-39(41)29-14-10-18-37-38(29)31-24-26(20-22-36(31)43-37)25-19-21-34-30(23-25)28-13-6-8-16-33(28)42(34)27-11-4-3-5-12-27/h3-24H,2H2,1H3. The van der Waals surface area contributed by atoms with Crippen LogP contribution < -0.4 is 0 Å². The number of imidazole rings is 1. The third-order valence-electron chi connectivity index (χ3n) is 8.73. The van der Waals surface area contributed by atoms with Crippen LogP contribution in [-0.4, -0.2) is 14.1 Å². The molecule has 3 aromatic heterocycles. The normalized spacial score (nSPS) is 11.9. The van der Waals surface area contributed by atoms with E-state index in [1.54, 1.807) is 0 Å². The molecule has 4 nitrogen and oxygen atoms in total. The third kappa shape index (κ3) is 3.53. The van der Waals surface area contributed by atoms with Crippen molar-refractivity contribution in [2.45, 2.75) is 13.5 Å². The van der Waals surface area contributed by atoms with Gasteiger partial charge in [-0.3, -0.25) is 0 Å². The van der Waals surface area contributed by atoms with E-state index >= 15 is 0 Å². The molecule has 3 heterocycles. The monoisotopic (exact) mass is 553 g/mol. The number of hydrogen-bond acceptors (Lipinski definition) is 2. The Labute approximate surface area is 248 Å². The van der Waals surface area contributed by atoms with Gasteiger partial charge in [0.25, 0.3) is 0 Å². The van der Waals surface area contributed by atoms with Crippen LogP contribution in [-0.2, 0) is 6.54 Å². The Kier molecular flexibility index (Phi) is 5.14. The molecule has 6 aromatic carbocycles. The van der Waals surface area contributed by atoms with Crippen LogP contribution in [0.2, 0.25) is 0 Å². The summed E-state index contributed by atoms with van der Waals surface area (Å²) in [5.74, 6) is 0.970. The van der Waals surface area contributed by atoms with E-state index in [0.29, 0.717) is 0 Å². The van der Waals surface area contributed by atoms with Crippen LogP contribution in [0.3, 0.4) is 0 Å². The average molecular weight is 554 g/mol. The first kappa shape index (κ1) is 24.0. The van der Waals surface area contributed by atoms with E-state index in [1.807, 2.05) is 6.07 Å². The van der Waals surface area contributed by atoms with Gasteiger partial charge in [-0.1, -0.05) is 72.8 Å². The molecule has 0 spiro atoms. The number of hydrogen-bond donors (Lipinski definition) is 0. The van der Waals surface area contributed by atoms with Crippen molar-refractivity contribution in [2.75, 3.05) is 0 Å². The molecule has 0 fully saturated rings. The lowest BCUT2D eigenvalue weighted by molar-refractivity contribution is 0.669. The first-order valence-electron chi connectivity index (χ1n) is 14.8. The summed E-state index contributed by atoms with van der Waals surface area (Å²) in [6, 6.07) is 47.3. The highest BCUT2D eigenvalue weighted by atomic mass is 16.3. The van der Waals surface area contributed by atoms with Gasteiger partial charge < -0.3 is 13.6 Å². The Morgan fingerprint density at radius 1 is 0.581 bits per heavy atom. The molecule has 0 aliphatic carbocycles. The van der Waals surface area contributed by atoms with E-state index in [-0.39, 0.29) is 0 Å². The first-order valence-corrected chi connectivity index (χ1v) is 14.8. The minimum absolute atomic E-state index is 0.837. The lowest BCUT2D eigenvalue weighted by atomic mass is 9.99. The van der Waals surface area contributed by atoms with Gasteiger partial charge in [-0.05, 0) is 78.7 Å². The van der Waals surface area contributed by atoms with Crippen molar-refractivity contribution in [3.63, 3.8) is 0 Å².